The molecule has 4 bridgehead atoms. The Hall–Kier alpha value is -0.380. The summed E-state index contributed by atoms with van der Waals surface area (Å²) in [5.74, 6) is 2.95. The molecule has 4 aliphatic carbocycles. The van der Waals surface area contributed by atoms with Crippen LogP contribution in [0.5, 0.6) is 0 Å². The maximum Gasteiger partial charge on any atom is 0.157 e. The van der Waals surface area contributed by atoms with Gasteiger partial charge in [-0.15, -0.1) is 0 Å². The third kappa shape index (κ3) is 0.633. The van der Waals surface area contributed by atoms with Crippen LogP contribution in [0.1, 0.15) is 27.2 Å². The number of ketones is 1. The number of carbonyl (C=O) groups is 1. The van der Waals surface area contributed by atoms with E-state index in [1.807, 2.05) is 0 Å². The first-order chi connectivity index (χ1) is 8.38. The minimum absolute atomic E-state index is 0.0764. The molecule has 1 aliphatic heterocycles. The minimum atomic E-state index is -0.424. The average molecular weight is 310 g/mol. The van der Waals surface area contributed by atoms with E-state index in [9.17, 15) is 4.79 Å². The molecule has 6 unspecified atom stereocenters. The largest absolute Gasteiger partial charge is 0.387 e. The van der Waals surface area contributed by atoms with Crippen LogP contribution < -0.4 is 0 Å². The third-order valence-electron chi connectivity index (χ3n) is 7.27. The van der Waals surface area contributed by atoms with E-state index in [4.69, 9.17) is 4.84 Å². The fourth-order valence-electron chi connectivity index (χ4n) is 6.75. The van der Waals surface area contributed by atoms with Gasteiger partial charge in [-0.05, 0) is 59.4 Å². The molecule has 0 amide bonds. The molecule has 5 rings (SSSR count). The van der Waals surface area contributed by atoms with Gasteiger partial charge in [0, 0.05) is 5.92 Å². The van der Waals surface area contributed by atoms with Crippen LogP contribution in [0.25, 0.3) is 0 Å². The zero-order chi connectivity index (χ0) is 12.7. The summed E-state index contributed by atoms with van der Waals surface area (Å²) in [6, 6.07) is 0. The molecule has 5 aliphatic rings. The van der Waals surface area contributed by atoms with Crippen LogP contribution >= 0.6 is 15.9 Å². The first-order valence-electron chi connectivity index (χ1n) is 6.84. The highest BCUT2D eigenvalue weighted by Crippen LogP contribution is 2.87. The average Bonchev–Trinajstić information content (AvgIpc) is 2.81. The molecule has 0 saturated heterocycles. The fourth-order valence-corrected chi connectivity index (χ4v) is 7.75. The van der Waals surface area contributed by atoms with Crippen molar-refractivity contribution >= 4 is 26.3 Å². The molecule has 4 fully saturated rings. The van der Waals surface area contributed by atoms with Gasteiger partial charge in [-0.2, -0.15) is 0 Å². The number of Topliss-reactive ketones (excluding diaryl/α,β-unsaturated/α-hetero) is 1. The molecule has 0 radical (unpaired) electrons. The summed E-state index contributed by atoms with van der Waals surface area (Å²) in [4.78, 5) is 18.7. The highest BCUT2D eigenvalue weighted by Gasteiger charge is 2.92. The van der Waals surface area contributed by atoms with Gasteiger partial charge in [0.1, 0.15) is 10.4 Å². The third-order valence-corrected chi connectivity index (χ3v) is 7.87. The van der Waals surface area contributed by atoms with Crippen molar-refractivity contribution in [1.29, 1.82) is 0 Å². The van der Waals surface area contributed by atoms with E-state index in [-0.39, 0.29) is 22.7 Å². The highest BCUT2D eigenvalue weighted by atomic mass is 79.9. The zero-order valence-electron chi connectivity index (χ0n) is 10.7. The van der Waals surface area contributed by atoms with Crippen molar-refractivity contribution in [1.82, 2.24) is 0 Å². The number of hydrogen-bond acceptors (Lipinski definition) is 3. The normalized spacial score (nSPS) is 69.9. The van der Waals surface area contributed by atoms with Crippen LogP contribution in [-0.2, 0) is 9.63 Å². The SMILES string of the molecule is CC12C3C(=O)C(C)(C1C1CC13)[C@]1(C)ON=C(Br)[C@H]21. The Bertz CT molecular complexity index is 560. The molecule has 3 nitrogen and oxygen atoms in total. The summed E-state index contributed by atoms with van der Waals surface area (Å²) < 4.78 is 0.931. The topological polar surface area (TPSA) is 38.7 Å². The molecule has 0 spiro atoms. The number of hydrogen-bond donors (Lipinski definition) is 0. The molecule has 4 heteroatoms. The summed E-state index contributed by atoms with van der Waals surface area (Å²) in [7, 11) is 0. The van der Waals surface area contributed by atoms with Crippen LogP contribution in [0.3, 0.4) is 0 Å². The van der Waals surface area contributed by atoms with Crippen molar-refractivity contribution in [3.8, 4) is 0 Å². The van der Waals surface area contributed by atoms with E-state index in [1.165, 1.54) is 6.42 Å². The smallest absolute Gasteiger partial charge is 0.157 e. The van der Waals surface area contributed by atoms with E-state index in [1.54, 1.807) is 0 Å². The van der Waals surface area contributed by atoms with Crippen LogP contribution in [0.2, 0.25) is 0 Å². The van der Waals surface area contributed by atoms with Crippen molar-refractivity contribution in [3.05, 3.63) is 0 Å². The summed E-state index contributed by atoms with van der Waals surface area (Å²) in [5, 5.41) is 4.18. The number of nitrogens with zero attached hydrogens (tertiary/aromatic N) is 1. The van der Waals surface area contributed by atoms with Crippen molar-refractivity contribution in [2.24, 2.45) is 45.6 Å². The number of oxime groups is 1. The van der Waals surface area contributed by atoms with Crippen molar-refractivity contribution in [2.45, 2.75) is 32.8 Å². The second kappa shape index (κ2) is 2.34. The molecule has 0 aromatic heterocycles. The van der Waals surface area contributed by atoms with Crippen LogP contribution in [-0.4, -0.2) is 16.0 Å². The van der Waals surface area contributed by atoms with Crippen molar-refractivity contribution in [3.63, 3.8) is 0 Å². The predicted molar refractivity (Wildman–Crippen MR) is 69.1 cm³/mol. The maximum atomic E-state index is 12.9. The lowest BCUT2D eigenvalue weighted by Crippen LogP contribution is -2.57. The number of fused-ring (bicyclic) bond motifs is 4. The van der Waals surface area contributed by atoms with Gasteiger partial charge in [0.2, 0.25) is 0 Å². The van der Waals surface area contributed by atoms with Gasteiger partial charge in [-0.1, -0.05) is 12.1 Å². The monoisotopic (exact) mass is 309 g/mol. The Labute approximate surface area is 114 Å². The predicted octanol–water partition coefficient (Wildman–Crippen LogP) is 2.59. The molecular formula is C14H16BrNO2. The van der Waals surface area contributed by atoms with Gasteiger partial charge in [0.15, 0.2) is 5.60 Å². The molecule has 18 heavy (non-hydrogen) atoms. The highest BCUT2D eigenvalue weighted by molar-refractivity contribution is 9.18. The van der Waals surface area contributed by atoms with Gasteiger partial charge in [0.25, 0.3) is 0 Å². The molecule has 8 atom stereocenters. The van der Waals surface area contributed by atoms with Crippen LogP contribution in [0.4, 0.5) is 0 Å². The Morgan fingerprint density at radius 1 is 1.33 bits per heavy atom. The second-order valence-electron chi connectivity index (χ2n) is 7.50. The molecule has 96 valence electrons. The molecule has 0 aromatic carbocycles. The summed E-state index contributed by atoms with van der Waals surface area (Å²) in [5.41, 5.74) is -0.673. The van der Waals surface area contributed by atoms with Gasteiger partial charge in [-0.3, -0.25) is 4.79 Å². The summed E-state index contributed by atoms with van der Waals surface area (Å²) in [6.45, 7) is 6.57. The molecule has 0 N–H and O–H groups in total. The quantitative estimate of drug-likeness (QED) is 0.690. The Kier molecular flexibility index (Phi) is 1.35. The zero-order valence-corrected chi connectivity index (χ0v) is 12.3. The lowest BCUT2D eigenvalue weighted by molar-refractivity contribution is -0.164. The second-order valence-corrected chi connectivity index (χ2v) is 8.31. The summed E-state index contributed by atoms with van der Waals surface area (Å²) >= 11 is 3.59. The van der Waals surface area contributed by atoms with Gasteiger partial charge in [-0.25, -0.2) is 0 Å². The van der Waals surface area contributed by atoms with Crippen LogP contribution in [0.15, 0.2) is 5.16 Å². The Balaban J connectivity index is 1.84. The lowest BCUT2D eigenvalue weighted by atomic mass is 9.59. The minimum Gasteiger partial charge on any atom is -0.387 e. The van der Waals surface area contributed by atoms with Gasteiger partial charge in [0.05, 0.1) is 11.3 Å². The van der Waals surface area contributed by atoms with E-state index in [0.717, 1.165) is 10.5 Å². The molecule has 0 aromatic rings. The molecule has 1 heterocycles. The van der Waals surface area contributed by atoms with Crippen molar-refractivity contribution in [2.75, 3.05) is 0 Å². The lowest BCUT2D eigenvalue weighted by Gasteiger charge is -2.45. The van der Waals surface area contributed by atoms with E-state index in [2.05, 4.69) is 41.9 Å². The maximum absolute atomic E-state index is 12.9. The fraction of sp³-hybridized carbons (Fsp3) is 0.857. The first-order valence-corrected chi connectivity index (χ1v) is 7.63. The Morgan fingerprint density at radius 3 is 2.78 bits per heavy atom. The van der Waals surface area contributed by atoms with Gasteiger partial charge >= 0.3 is 0 Å². The van der Waals surface area contributed by atoms with E-state index < -0.39 is 5.60 Å². The number of rotatable bonds is 0. The number of carbonyl (C=O) groups excluding carboxylic acids is 1. The van der Waals surface area contributed by atoms with E-state index in [0.29, 0.717) is 17.6 Å². The van der Waals surface area contributed by atoms with Crippen molar-refractivity contribution < 1.29 is 9.63 Å². The van der Waals surface area contributed by atoms with E-state index >= 15 is 0 Å². The first kappa shape index (κ1) is 10.4. The molecule has 4 saturated carbocycles. The van der Waals surface area contributed by atoms with Gasteiger partial charge < -0.3 is 4.84 Å². The standard InChI is InChI=1S/C14H16BrNO2/c1-12-7-5-4-6(5)8(12)13(2,10(7)17)14(3)9(12)11(15)16-18-14/h5-9H,4H2,1-3H3/t5?,6?,7?,8?,9-,12?,13?,14-/m1/s1. The Morgan fingerprint density at radius 2 is 2.06 bits per heavy atom. The van der Waals surface area contributed by atoms with Crippen LogP contribution in [0, 0.1) is 40.4 Å². The number of halogens is 1. The summed E-state index contributed by atoms with van der Waals surface area (Å²) in [6.07, 6.45) is 1.27. The molecular weight excluding hydrogens is 294 g/mol.